The van der Waals surface area contributed by atoms with Crippen LogP contribution in [0.2, 0.25) is 0 Å². The van der Waals surface area contributed by atoms with Crippen LogP contribution in [0.4, 0.5) is 0 Å². The van der Waals surface area contributed by atoms with Crippen LogP contribution in [0.15, 0.2) is 18.2 Å². The Morgan fingerprint density at radius 2 is 2.09 bits per heavy atom. The second-order valence-electron chi connectivity index (χ2n) is 5.73. The molecule has 2 aliphatic heterocycles. The maximum atomic E-state index is 12.8. The number of hydrogen-bond acceptors (Lipinski definition) is 4. The number of nitrogens with zero attached hydrogens (tertiary/aromatic N) is 1. The number of carboxylic acids is 1. The van der Waals surface area contributed by atoms with Gasteiger partial charge in [0.25, 0.3) is 5.91 Å². The number of amides is 1. The van der Waals surface area contributed by atoms with Crippen molar-refractivity contribution in [3.05, 3.63) is 29.3 Å². The molecular formula is C16H18NNaO4. The van der Waals surface area contributed by atoms with Crippen molar-refractivity contribution in [1.29, 1.82) is 0 Å². The van der Waals surface area contributed by atoms with Gasteiger partial charge in [-0.3, -0.25) is 4.79 Å². The van der Waals surface area contributed by atoms with E-state index in [0.29, 0.717) is 12.0 Å². The monoisotopic (exact) mass is 311 g/mol. The second-order valence-corrected chi connectivity index (χ2v) is 5.73. The van der Waals surface area contributed by atoms with Crippen LogP contribution in [-0.4, -0.2) is 36.5 Å². The Bertz CT molecular complexity index is 590. The number of carbonyl (C=O) groups is 2. The summed E-state index contributed by atoms with van der Waals surface area (Å²) in [6.07, 6.45) is 2.94. The molecule has 1 aromatic rings. The van der Waals surface area contributed by atoms with Gasteiger partial charge in [-0.25, -0.2) is 0 Å². The van der Waals surface area contributed by atoms with E-state index in [4.69, 9.17) is 4.74 Å². The van der Waals surface area contributed by atoms with Gasteiger partial charge in [0.1, 0.15) is 5.75 Å². The number of carboxylic acid groups (broad SMARTS) is 1. The summed E-state index contributed by atoms with van der Waals surface area (Å²) in [6.45, 7) is 0.252. The van der Waals surface area contributed by atoms with Crippen LogP contribution in [-0.2, 0) is 11.2 Å². The number of aliphatic carboxylic acids is 1. The molecule has 0 aromatic heterocycles. The molecule has 3 rings (SSSR count). The van der Waals surface area contributed by atoms with E-state index in [0.717, 1.165) is 30.6 Å². The number of rotatable bonds is 2. The molecule has 0 radical (unpaired) electrons. The van der Waals surface area contributed by atoms with Crippen molar-refractivity contribution >= 4 is 11.9 Å². The number of benzene rings is 1. The van der Waals surface area contributed by atoms with E-state index in [1.165, 1.54) is 0 Å². The molecule has 5 nitrogen and oxygen atoms in total. The quantitative estimate of drug-likeness (QED) is 0.572. The van der Waals surface area contributed by atoms with Gasteiger partial charge in [0.05, 0.1) is 7.11 Å². The van der Waals surface area contributed by atoms with Crippen molar-refractivity contribution in [3.63, 3.8) is 0 Å². The molecule has 1 fully saturated rings. The second kappa shape index (κ2) is 7.02. The molecule has 1 aromatic carbocycles. The van der Waals surface area contributed by atoms with E-state index in [1.807, 2.05) is 6.07 Å². The Hall–Kier alpha value is -1.04. The SMILES string of the molecule is COc1cccc2c1CCC1CCC(C(=O)[O-])CN1C2=O.[Na+]. The molecule has 2 aliphatic rings. The topological polar surface area (TPSA) is 69.7 Å². The maximum absolute atomic E-state index is 12.8. The van der Waals surface area contributed by atoms with Crippen molar-refractivity contribution in [2.24, 2.45) is 5.92 Å². The van der Waals surface area contributed by atoms with Gasteiger partial charge in [-0.1, -0.05) is 6.07 Å². The first-order chi connectivity index (χ1) is 10.1. The summed E-state index contributed by atoms with van der Waals surface area (Å²) in [5.41, 5.74) is 1.57. The molecule has 1 amide bonds. The third-order valence-corrected chi connectivity index (χ3v) is 4.61. The largest absolute Gasteiger partial charge is 1.00 e. The van der Waals surface area contributed by atoms with E-state index < -0.39 is 11.9 Å². The molecule has 112 valence electrons. The van der Waals surface area contributed by atoms with Crippen LogP contribution in [0, 0.1) is 5.92 Å². The van der Waals surface area contributed by atoms with E-state index in [2.05, 4.69) is 0 Å². The summed E-state index contributed by atoms with van der Waals surface area (Å²) in [6, 6.07) is 5.58. The zero-order valence-corrected chi connectivity index (χ0v) is 15.0. The van der Waals surface area contributed by atoms with Crippen LogP contribution in [0.25, 0.3) is 0 Å². The van der Waals surface area contributed by atoms with Crippen molar-refractivity contribution in [2.75, 3.05) is 13.7 Å². The summed E-state index contributed by atoms with van der Waals surface area (Å²) in [5.74, 6) is -0.969. The summed E-state index contributed by atoms with van der Waals surface area (Å²) in [7, 11) is 1.60. The van der Waals surface area contributed by atoms with Gasteiger partial charge in [-0.05, 0) is 37.8 Å². The van der Waals surface area contributed by atoms with Gasteiger partial charge in [0, 0.05) is 35.6 Å². The standard InChI is InChI=1S/C16H19NO4.Na/c1-21-14-4-2-3-13-12(14)8-7-11-6-5-10(16(19)20)9-17(11)15(13)18;/h2-4,10-11H,5-9H2,1H3,(H,19,20);/q;+1/p-1. The van der Waals surface area contributed by atoms with Gasteiger partial charge in [0.15, 0.2) is 0 Å². The molecule has 0 N–H and O–H groups in total. The first-order valence-corrected chi connectivity index (χ1v) is 7.29. The molecule has 0 aliphatic carbocycles. The summed E-state index contributed by atoms with van der Waals surface area (Å²) >= 11 is 0. The predicted octanol–water partition coefficient (Wildman–Crippen LogP) is -2.38. The fourth-order valence-corrected chi connectivity index (χ4v) is 3.45. The van der Waals surface area contributed by atoms with E-state index in [9.17, 15) is 14.7 Å². The zero-order chi connectivity index (χ0) is 15.0. The molecule has 0 saturated carbocycles. The van der Waals surface area contributed by atoms with Crippen LogP contribution in [0.3, 0.4) is 0 Å². The molecule has 22 heavy (non-hydrogen) atoms. The van der Waals surface area contributed by atoms with E-state index in [-0.39, 0.29) is 48.1 Å². The van der Waals surface area contributed by atoms with Crippen molar-refractivity contribution in [1.82, 2.24) is 4.90 Å². The van der Waals surface area contributed by atoms with Crippen LogP contribution >= 0.6 is 0 Å². The Labute approximate surface area is 151 Å². The van der Waals surface area contributed by atoms with Gasteiger partial charge in [-0.2, -0.15) is 0 Å². The molecule has 6 heteroatoms. The van der Waals surface area contributed by atoms with Gasteiger partial charge < -0.3 is 19.5 Å². The Kier molecular flexibility index (Phi) is 5.53. The third kappa shape index (κ3) is 3.03. The fourth-order valence-electron chi connectivity index (χ4n) is 3.45. The molecular weight excluding hydrogens is 293 g/mol. The maximum Gasteiger partial charge on any atom is 1.00 e. The van der Waals surface area contributed by atoms with E-state index >= 15 is 0 Å². The Balaban J connectivity index is 0.00000176. The fraction of sp³-hybridized carbons (Fsp3) is 0.500. The number of carbonyl (C=O) groups excluding carboxylic acids is 2. The number of fused-ring (bicyclic) bond motifs is 2. The average Bonchev–Trinajstić information content (AvgIpc) is 2.64. The minimum atomic E-state index is -1.06. The molecule has 2 heterocycles. The van der Waals surface area contributed by atoms with Crippen molar-refractivity contribution in [2.45, 2.75) is 31.7 Å². The van der Waals surface area contributed by atoms with Crippen LogP contribution in [0.5, 0.6) is 5.75 Å². The average molecular weight is 311 g/mol. The zero-order valence-electron chi connectivity index (χ0n) is 13.0. The summed E-state index contributed by atoms with van der Waals surface area (Å²) < 4.78 is 5.35. The van der Waals surface area contributed by atoms with Gasteiger partial charge >= 0.3 is 29.6 Å². The Morgan fingerprint density at radius 3 is 2.77 bits per heavy atom. The first-order valence-electron chi connectivity index (χ1n) is 7.29. The first kappa shape index (κ1) is 17.3. The molecule has 0 spiro atoms. The summed E-state index contributed by atoms with van der Waals surface area (Å²) in [5, 5.41) is 11.1. The number of piperidine rings is 1. The normalized spacial score (nSPS) is 23.7. The van der Waals surface area contributed by atoms with Gasteiger partial charge in [-0.15, -0.1) is 0 Å². The van der Waals surface area contributed by atoms with Crippen LogP contribution in [0.1, 0.15) is 35.2 Å². The molecule has 1 saturated heterocycles. The number of methoxy groups -OCH3 is 1. The van der Waals surface area contributed by atoms with Crippen LogP contribution < -0.4 is 39.4 Å². The smallest absolute Gasteiger partial charge is 0.550 e. The third-order valence-electron chi connectivity index (χ3n) is 4.61. The predicted molar refractivity (Wildman–Crippen MR) is 73.9 cm³/mol. The minimum Gasteiger partial charge on any atom is -0.550 e. The van der Waals surface area contributed by atoms with Gasteiger partial charge in [0.2, 0.25) is 0 Å². The number of ether oxygens (including phenoxy) is 1. The Morgan fingerprint density at radius 1 is 1.32 bits per heavy atom. The summed E-state index contributed by atoms with van der Waals surface area (Å²) in [4.78, 5) is 25.6. The molecule has 2 atom stereocenters. The number of hydrogen-bond donors (Lipinski definition) is 0. The molecule has 2 unspecified atom stereocenters. The molecule has 0 bridgehead atoms. The minimum absolute atomic E-state index is 0. The van der Waals surface area contributed by atoms with Crippen molar-refractivity contribution < 1.29 is 49.0 Å². The van der Waals surface area contributed by atoms with E-state index in [1.54, 1.807) is 24.1 Å². The van der Waals surface area contributed by atoms with Crippen molar-refractivity contribution in [3.8, 4) is 5.75 Å².